The first-order valence-electron chi connectivity index (χ1n) is 13.4. The van der Waals surface area contributed by atoms with Crippen molar-refractivity contribution in [3.63, 3.8) is 0 Å². The third kappa shape index (κ3) is 6.21. The number of morpholine rings is 1. The van der Waals surface area contributed by atoms with E-state index in [4.69, 9.17) is 9.47 Å². The van der Waals surface area contributed by atoms with Gasteiger partial charge in [-0.05, 0) is 36.6 Å². The van der Waals surface area contributed by atoms with Crippen molar-refractivity contribution in [3.8, 4) is 5.75 Å². The van der Waals surface area contributed by atoms with E-state index in [0.717, 1.165) is 36.3 Å². The molecule has 7 heteroatoms. The third-order valence-corrected chi connectivity index (χ3v) is 7.29. The van der Waals surface area contributed by atoms with Crippen LogP contribution in [0.3, 0.4) is 0 Å². The maximum Gasteiger partial charge on any atom is 0.295 e. The molecule has 7 nitrogen and oxygen atoms in total. The van der Waals surface area contributed by atoms with Gasteiger partial charge in [-0.15, -0.1) is 0 Å². The van der Waals surface area contributed by atoms with Crippen LogP contribution in [-0.2, 0) is 20.9 Å². The standard InChI is InChI=1S/C32H34N2O5/c1-23-8-10-26(11-9-23)30(35)28-29(25-12-14-27(15-13-25)39-22-24-6-3-2-4-7-24)34(32(37)31(28)36)17-5-16-33-18-20-38-21-19-33/h2-4,6-15,29,35H,5,16-22H2,1H3. The van der Waals surface area contributed by atoms with Crippen molar-refractivity contribution in [1.29, 1.82) is 0 Å². The summed E-state index contributed by atoms with van der Waals surface area (Å²) >= 11 is 0. The first-order valence-corrected chi connectivity index (χ1v) is 13.4. The molecule has 3 aromatic carbocycles. The number of rotatable bonds is 9. The lowest BCUT2D eigenvalue weighted by Crippen LogP contribution is -2.38. The maximum absolute atomic E-state index is 13.3. The van der Waals surface area contributed by atoms with Gasteiger partial charge in [0.2, 0.25) is 0 Å². The van der Waals surface area contributed by atoms with Crippen LogP contribution in [0.5, 0.6) is 5.75 Å². The Bertz CT molecular complexity index is 1310. The van der Waals surface area contributed by atoms with Crippen LogP contribution >= 0.6 is 0 Å². The molecule has 2 aliphatic heterocycles. The van der Waals surface area contributed by atoms with Crippen LogP contribution in [0, 0.1) is 6.92 Å². The van der Waals surface area contributed by atoms with E-state index < -0.39 is 17.7 Å². The summed E-state index contributed by atoms with van der Waals surface area (Å²) in [5.74, 6) is -0.710. The second-order valence-corrected chi connectivity index (χ2v) is 10.0. The molecule has 2 aliphatic rings. The monoisotopic (exact) mass is 526 g/mol. The summed E-state index contributed by atoms with van der Waals surface area (Å²) in [7, 11) is 0. The SMILES string of the molecule is Cc1ccc(C(O)=C2C(=O)C(=O)N(CCCN3CCOCC3)C2c2ccc(OCc3ccccc3)cc2)cc1. The summed E-state index contributed by atoms with van der Waals surface area (Å²) in [6.07, 6.45) is 0.715. The number of hydrogen-bond acceptors (Lipinski definition) is 6. The molecule has 1 N–H and O–H groups in total. The number of benzene rings is 3. The highest BCUT2D eigenvalue weighted by Crippen LogP contribution is 2.40. The van der Waals surface area contributed by atoms with Crippen LogP contribution in [0.4, 0.5) is 0 Å². The minimum Gasteiger partial charge on any atom is -0.507 e. The number of ketones is 1. The van der Waals surface area contributed by atoms with Gasteiger partial charge in [-0.3, -0.25) is 14.5 Å². The number of hydrogen-bond donors (Lipinski definition) is 1. The normalized spacial score (nSPS) is 19.4. The molecule has 1 atom stereocenters. The van der Waals surface area contributed by atoms with Gasteiger partial charge in [0.25, 0.3) is 11.7 Å². The van der Waals surface area contributed by atoms with Gasteiger partial charge in [0.15, 0.2) is 0 Å². The van der Waals surface area contributed by atoms with Crippen molar-refractivity contribution in [2.45, 2.75) is 26.0 Å². The molecule has 0 aliphatic carbocycles. The van der Waals surface area contributed by atoms with Gasteiger partial charge in [-0.2, -0.15) is 0 Å². The smallest absolute Gasteiger partial charge is 0.295 e. The fourth-order valence-corrected chi connectivity index (χ4v) is 5.10. The lowest BCUT2D eigenvalue weighted by Gasteiger charge is -2.29. The molecule has 1 amide bonds. The molecule has 0 spiro atoms. The van der Waals surface area contributed by atoms with E-state index in [1.54, 1.807) is 17.0 Å². The van der Waals surface area contributed by atoms with Crippen molar-refractivity contribution < 1.29 is 24.2 Å². The molecule has 39 heavy (non-hydrogen) atoms. The minimum atomic E-state index is -0.681. The van der Waals surface area contributed by atoms with Gasteiger partial charge >= 0.3 is 0 Å². The van der Waals surface area contributed by atoms with E-state index in [0.29, 0.717) is 44.1 Å². The van der Waals surface area contributed by atoms with Crippen molar-refractivity contribution in [3.05, 3.63) is 107 Å². The van der Waals surface area contributed by atoms with Crippen molar-refractivity contribution in [1.82, 2.24) is 9.80 Å². The number of ether oxygens (including phenoxy) is 2. The second kappa shape index (κ2) is 12.3. The first kappa shape index (κ1) is 26.7. The number of aryl methyl sites for hydroxylation is 1. The van der Waals surface area contributed by atoms with Crippen molar-refractivity contribution in [2.75, 3.05) is 39.4 Å². The van der Waals surface area contributed by atoms with Crippen LogP contribution in [0.25, 0.3) is 5.76 Å². The molecule has 1 unspecified atom stereocenters. The topological polar surface area (TPSA) is 79.3 Å². The predicted molar refractivity (Wildman–Crippen MR) is 149 cm³/mol. The molecule has 0 aromatic heterocycles. The third-order valence-electron chi connectivity index (χ3n) is 7.29. The summed E-state index contributed by atoms with van der Waals surface area (Å²) in [6.45, 7) is 6.75. The number of carbonyl (C=O) groups is 2. The quantitative estimate of drug-likeness (QED) is 0.247. The summed E-state index contributed by atoms with van der Waals surface area (Å²) in [4.78, 5) is 30.5. The Hall–Kier alpha value is -3.94. The summed E-state index contributed by atoms with van der Waals surface area (Å²) in [5, 5.41) is 11.3. The molecular formula is C32H34N2O5. The number of nitrogens with zero attached hydrogens (tertiary/aromatic N) is 2. The van der Waals surface area contributed by atoms with Gasteiger partial charge in [0, 0.05) is 31.7 Å². The number of amides is 1. The van der Waals surface area contributed by atoms with Crippen LogP contribution in [0.2, 0.25) is 0 Å². The largest absolute Gasteiger partial charge is 0.507 e. The van der Waals surface area contributed by atoms with Gasteiger partial charge in [-0.25, -0.2) is 0 Å². The highest BCUT2D eigenvalue weighted by Gasteiger charge is 2.45. The molecule has 202 valence electrons. The van der Waals surface area contributed by atoms with Crippen molar-refractivity contribution in [2.24, 2.45) is 0 Å². The second-order valence-electron chi connectivity index (χ2n) is 10.0. The van der Waals surface area contributed by atoms with Crippen LogP contribution in [-0.4, -0.2) is 66.0 Å². The molecule has 2 heterocycles. The summed E-state index contributed by atoms with van der Waals surface area (Å²) in [6, 6.07) is 24.0. The average Bonchev–Trinajstić information content (AvgIpc) is 3.22. The first-order chi connectivity index (χ1) is 19.0. The maximum atomic E-state index is 13.3. The van der Waals surface area contributed by atoms with Crippen LogP contribution in [0.1, 0.15) is 34.7 Å². The van der Waals surface area contributed by atoms with E-state index >= 15 is 0 Å². The Morgan fingerprint density at radius 1 is 0.923 bits per heavy atom. The summed E-state index contributed by atoms with van der Waals surface area (Å²) < 4.78 is 11.4. The molecule has 0 radical (unpaired) electrons. The summed E-state index contributed by atoms with van der Waals surface area (Å²) in [5.41, 5.74) is 3.49. The molecule has 0 bridgehead atoms. The highest BCUT2D eigenvalue weighted by atomic mass is 16.5. The number of carbonyl (C=O) groups excluding carboxylic acids is 2. The Morgan fingerprint density at radius 3 is 2.31 bits per heavy atom. The zero-order valence-corrected chi connectivity index (χ0v) is 22.2. The number of aliphatic hydroxyl groups is 1. The Balaban J connectivity index is 1.41. The highest BCUT2D eigenvalue weighted by molar-refractivity contribution is 6.46. The van der Waals surface area contributed by atoms with Gasteiger partial charge < -0.3 is 19.5 Å². The minimum absolute atomic E-state index is 0.119. The van der Waals surface area contributed by atoms with Gasteiger partial charge in [0.1, 0.15) is 18.1 Å². The predicted octanol–water partition coefficient (Wildman–Crippen LogP) is 4.72. The number of aliphatic hydroxyl groups excluding tert-OH is 1. The van der Waals surface area contributed by atoms with Crippen LogP contribution < -0.4 is 4.74 Å². The zero-order chi connectivity index (χ0) is 27.2. The van der Waals surface area contributed by atoms with Gasteiger partial charge in [-0.1, -0.05) is 72.3 Å². The van der Waals surface area contributed by atoms with E-state index in [1.165, 1.54) is 0 Å². The average molecular weight is 527 g/mol. The molecular weight excluding hydrogens is 492 g/mol. The van der Waals surface area contributed by atoms with Crippen LogP contribution in [0.15, 0.2) is 84.4 Å². The molecule has 3 aromatic rings. The molecule has 0 saturated carbocycles. The fraction of sp³-hybridized carbons (Fsp3) is 0.312. The van der Waals surface area contributed by atoms with Gasteiger partial charge in [0.05, 0.1) is 24.8 Å². The number of likely N-dealkylation sites (tertiary alicyclic amines) is 1. The molecule has 2 fully saturated rings. The molecule has 2 saturated heterocycles. The zero-order valence-electron chi connectivity index (χ0n) is 22.2. The van der Waals surface area contributed by atoms with E-state index in [-0.39, 0.29) is 11.3 Å². The number of Topliss-reactive ketones (excluding diaryl/α,β-unsaturated/α-hetero) is 1. The lowest BCUT2D eigenvalue weighted by molar-refractivity contribution is -0.140. The Morgan fingerprint density at radius 2 is 1.62 bits per heavy atom. The fourth-order valence-electron chi connectivity index (χ4n) is 5.10. The van der Waals surface area contributed by atoms with E-state index in [2.05, 4.69) is 4.90 Å². The van der Waals surface area contributed by atoms with Crippen molar-refractivity contribution >= 4 is 17.4 Å². The lowest BCUT2D eigenvalue weighted by atomic mass is 9.95. The Labute approximate surface area is 229 Å². The Kier molecular flexibility index (Phi) is 8.39. The van der Waals surface area contributed by atoms with E-state index in [9.17, 15) is 14.7 Å². The van der Waals surface area contributed by atoms with E-state index in [1.807, 2.05) is 73.7 Å². The molecule has 5 rings (SSSR count).